The van der Waals surface area contributed by atoms with E-state index < -0.39 is 33.5 Å². The van der Waals surface area contributed by atoms with Crippen LogP contribution in [0.4, 0.5) is 18.9 Å². The van der Waals surface area contributed by atoms with E-state index in [0.717, 1.165) is 10.9 Å². The molecule has 0 saturated heterocycles. The van der Waals surface area contributed by atoms with E-state index in [0.29, 0.717) is 16.8 Å². The minimum atomic E-state index is -4.83. The monoisotopic (exact) mass is 554 g/mol. The van der Waals surface area contributed by atoms with Crippen molar-refractivity contribution in [2.45, 2.75) is 17.5 Å². The molecule has 4 aromatic rings. The summed E-state index contributed by atoms with van der Waals surface area (Å²) in [6, 6.07) is 18.7. The third kappa shape index (κ3) is 4.67. The molecule has 5 rings (SSSR count). The van der Waals surface area contributed by atoms with E-state index in [4.69, 9.17) is 5.73 Å². The molecule has 0 fully saturated rings. The number of amides is 2. The number of halogens is 3. The van der Waals surface area contributed by atoms with Gasteiger partial charge in [-0.05, 0) is 42.3 Å². The maximum atomic E-state index is 13.9. The molecule has 2 amide bonds. The van der Waals surface area contributed by atoms with Crippen LogP contribution in [0.2, 0.25) is 0 Å². The van der Waals surface area contributed by atoms with Gasteiger partial charge in [0.1, 0.15) is 5.69 Å². The van der Waals surface area contributed by atoms with Gasteiger partial charge in [0.2, 0.25) is 0 Å². The lowest BCUT2D eigenvalue weighted by atomic mass is 10.0. The molecule has 39 heavy (non-hydrogen) atoms. The van der Waals surface area contributed by atoms with Gasteiger partial charge in [-0.3, -0.25) is 9.59 Å². The highest BCUT2D eigenvalue weighted by Crippen LogP contribution is 2.38. The van der Waals surface area contributed by atoms with Crippen LogP contribution in [-0.4, -0.2) is 42.8 Å². The summed E-state index contributed by atoms with van der Waals surface area (Å²) in [5.41, 5.74) is 5.01. The number of hydrogen-bond donors (Lipinski definition) is 1. The number of nitrogens with zero attached hydrogens (tertiary/aromatic N) is 3. The van der Waals surface area contributed by atoms with Crippen molar-refractivity contribution in [3.05, 3.63) is 95.3 Å². The van der Waals surface area contributed by atoms with E-state index in [-0.39, 0.29) is 40.4 Å². The van der Waals surface area contributed by atoms with Crippen LogP contribution < -0.4 is 10.6 Å². The molecule has 3 aromatic carbocycles. The first-order chi connectivity index (χ1) is 18.4. The second-order valence-corrected chi connectivity index (χ2v) is 11.0. The Morgan fingerprint density at radius 3 is 2.26 bits per heavy atom. The third-order valence-electron chi connectivity index (χ3n) is 6.46. The quantitative estimate of drug-likeness (QED) is 0.396. The molecule has 1 aliphatic heterocycles. The lowest BCUT2D eigenvalue weighted by Crippen LogP contribution is -2.39. The van der Waals surface area contributed by atoms with Crippen molar-refractivity contribution in [1.82, 2.24) is 9.78 Å². The van der Waals surface area contributed by atoms with Crippen molar-refractivity contribution in [3.63, 3.8) is 0 Å². The predicted molar refractivity (Wildman–Crippen MR) is 137 cm³/mol. The minimum absolute atomic E-state index is 0.0420. The Hall–Kier alpha value is -4.45. The number of primary amides is 1. The van der Waals surface area contributed by atoms with E-state index in [1.807, 2.05) is 0 Å². The number of rotatable bonds is 5. The van der Waals surface area contributed by atoms with Gasteiger partial charge >= 0.3 is 6.18 Å². The van der Waals surface area contributed by atoms with E-state index in [1.54, 1.807) is 42.5 Å². The number of sulfone groups is 1. The van der Waals surface area contributed by atoms with Gasteiger partial charge in [0.05, 0.1) is 16.1 Å². The molecule has 0 spiro atoms. The molecule has 1 aromatic heterocycles. The topological polar surface area (TPSA) is 115 Å². The Kier molecular flexibility index (Phi) is 6.30. The highest BCUT2D eigenvalue weighted by Gasteiger charge is 2.43. The van der Waals surface area contributed by atoms with Crippen LogP contribution in [0.1, 0.15) is 32.1 Å². The number of carbonyl (C=O) groups excluding carboxylic acids is 2. The molecule has 1 aliphatic rings. The lowest BCUT2D eigenvalue weighted by Gasteiger charge is -2.28. The van der Waals surface area contributed by atoms with Crippen LogP contribution in [0, 0.1) is 0 Å². The first-order valence-corrected chi connectivity index (χ1v) is 13.6. The summed E-state index contributed by atoms with van der Waals surface area (Å²) >= 11 is 0. The Morgan fingerprint density at radius 1 is 0.974 bits per heavy atom. The molecule has 0 aliphatic carbocycles. The number of alkyl halides is 3. The summed E-state index contributed by atoms with van der Waals surface area (Å²) in [4.78, 5) is 27.1. The zero-order valence-electron chi connectivity index (χ0n) is 20.4. The van der Waals surface area contributed by atoms with E-state index >= 15 is 0 Å². The fourth-order valence-corrected chi connectivity index (χ4v) is 5.64. The van der Waals surface area contributed by atoms with Crippen molar-refractivity contribution in [3.8, 4) is 16.8 Å². The molecule has 200 valence electrons. The van der Waals surface area contributed by atoms with Gasteiger partial charge in [0.15, 0.2) is 15.5 Å². The molecule has 12 heteroatoms. The molecule has 0 unspecified atom stereocenters. The summed E-state index contributed by atoms with van der Waals surface area (Å²) in [7, 11) is -3.50. The highest BCUT2D eigenvalue weighted by molar-refractivity contribution is 7.90. The third-order valence-corrected chi connectivity index (χ3v) is 7.61. The van der Waals surface area contributed by atoms with Crippen molar-refractivity contribution < 1.29 is 31.2 Å². The lowest BCUT2D eigenvalue weighted by molar-refractivity contribution is -0.141. The Labute approximate surface area is 221 Å². The van der Waals surface area contributed by atoms with E-state index in [1.165, 1.54) is 35.2 Å². The van der Waals surface area contributed by atoms with Crippen molar-refractivity contribution >= 4 is 27.3 Å². The van der Waals surface area contributed by atoms with Crippen molar-refractivity contribution in [2.24, 2.45) is 5.73 Å². The maximum absolute atomic E-state index is 13.9. The fraction of sp³-hybridized carbons (Fsp3) is 0.148. The second kappa shape index (κ2) is 9.38. The molecule has 2 heterocycles. The summed E-state index contributed by atoms with van der Waals surface area (Å²) in [6.45, 7) is -0.0443. The zero-order valence-corrected chi connectivity index (χ0v) is 21.3. The van der Waals surface area contributed by atoms with Crippen LogP contribution >= 0.6 is 0 Å². The molecule has 8 nitrogen and oxygen atoms in total. The Balaban J connectivity index is 1.59. The van der Waals surface area contributed by atoms with Gasteiger partial charge in [-0.25, -0.2) is 13.1 Å². The first kappa shape index (κ1) is 26.2. The van der Waals surface area contributed by atoms with Gasteiger partial charge in [-0.2, -0.15) is 18.3 Å². The number of aromatic nitrogens is 2. The smallest absolute Gasteiger partial charge is 0.366 e. The number of hydrogen-bond acceptors (Lipinski definition) is 5. The van der Waals surface area contributed by atoms with Crippen LogP contribution in [0.25, 0.3) is 16.8 Å². The number of nitrogens with two attached hydrogens (primary N) is 1. The first-order valence-electron chi connectivity index (χ1n) is 11.7. The largest absolute Gasteiger partial charge is 0.435 e. The van der Waals surface area contributed by atoms with Gasteiger partial charge in [0.25, 0.3) is 11.8 Å². The summed E-state index contributed by atoms with van der Waals surface area (Å²) < 4.78 is 67.0. The normalized spacial score (nSPS) is 13.8. The Bertz CT molecular complexity index is 1730. The molecular weight excluding hydrogens is 533 g/mol. The fourth-order valence-electron chi connectivity index (χ4n) is 4.72. The average Bonchev–Trinajstić information content (AvgIpc) is 3.30. The van der Waals surface area contributed by atoms with Crippen molar-refractivity contribution in [1.29, 1.82) is 0 Å². The molecule has 0 saturated carbocycles. The highest BCUT2D eigenvalue weighted by atomic mass is 32.2. The number of fused-ring (bicyclic) bond motifs is 1. The molecule has 0 radical (unpaired) electrons. The van der Waals surface area contributed by atoms with Crippen LogP contribution in [0.5, 0.6) is 0 Å². The van der Waals surface area contributed by atoms with Gasteiger partial charge in [-0.1, -0.05) is 42.5 Å². The SMILES string of the molecule is CS(=O)(=O)c1ccccc1-c1ccc(N2CCc3c(C(F)(F)F)nn(-c4ccccc4C(N)=O)c3C2=O)cc1. The summed E-state index contributed by atoms with van der Waals surface area (Å²) in [6.07, 6.45) is -3.85. The van der Waals surface area contributed by atoms with Gasteiger partial charge < -0.3 is 10.6 Å². The van der Waals surface area contributed by atoms with Crippen LogP contribution in [0.15, 0.2) is 77.7 Å². The number of carbonyl (C=O) groups is 2. The maximum Gasteiger partial charge on any atom is 0.435 e. The van der Waals surface area contributed by atoms with Gasteiger partial charge in [-0.15, -0.1) is 0 Å². The second-order valence-electron chi connectivity index (χ2n) is 8.99. The summed E-state index contributed by atoms with van der Waals surface area (Å²) in [5.74, 6) is -1.61. The predicted octanol–water partition coefficient (Wildman–Crippen LogP) is 4.26. The van der Waals surface area contributed by atoms with Crippen molar-refractivity contribution in [2.75, 3.05) is 17.7 Å². The zero-order chi connectivity index (χ0) is 28.1. The number of para-hydroxylation sites is 1. The molecule has 2 N–H and O–H groups in total. The van der Waals surface area contributed by atoms with E-state index in [9.17, 15) is 31.2 Å². The molecule has 0 atom stereocenters. The molecule has 0 bridgehead atoms. The van der Waals surface area contributed by atoms with Crippen LogP contribution in [0.3, 0.4) is 0 Å². The average molecular weight is 555 g/mol. The summed E-state index contributed by atoms with van der Waals surface area (Å²) in [5, 5.41) is 3.72. The van der Waals surface area contributed by atoms with Crippen LogP contribution in [-0.2, 0) is 22.4 Å². The number of anilines is 1. The standard InChI is InChI=1S/C27H21F3N4O4S/c1-39(37,38)22-9-5-3-6-18(22)16-10-12-17(13-11-16)33-15-14-20-23(26(33)36)34(32-24(20)27(28,29)30)21-8-4-2-7-19(21)25(31)35/h2-13H,14-15H2,1H3,(H2,31,35). The number of benzene rings is 3. The van der Waals surface area contributed by atoms with Gasteiger partial charge in [0, 0.05) is 29.6 Å². The minimum Gasteiger partial charge on any atom is -0.366 e. The van der Waals surface area contributed by atoms with E-state index in [2.05, 4.69) is 5.10 Å². The Morgan fingerprint density at radius 2 is 1.62 bits per heavy atom. The molecular formula is C27H21F3N4O4S.